The summed E-state index contributed by atoms with van der Waals surface area (Å²) in [7, 11) is 0. The molecule has 0 saturated carbocycles. The quantitative estimate of drug-likeness (QED) is 0.441. The Kier molecular flexibility index (Phi) is 6.35. The predicted octanol–water partition coefficient (Wildman–Crippen LogP) is 4.82. The normalized spacial score (nSPS) is 11.6. The molecule has 0 amide bonds. The Morgan fingerprint density at radius 2 is 1.64 bits per heavy atom. The molecule has 0 heterocycles. The van der Waals surface area contributed by atoms with Crippen molar-refractivity contribution in [2.75, 3.05) is 0 Å². The first-order valence-corrected chi connectivity index (χ1v) is 7.90. The molecule has 138 valence electrons. The Bertz CT molecular complexity index is 666. The minimum Gasteiger partial charge on any atom is -0.456 e. The van der Waals surface area contributed by atoms with Gasteiger partial charge in [0.1, 0.15) is 22.6 Å². The first-order chi connectivity index (χ1) is 11.3. The second-order valence-corrected chi connectivity index (χ2v) is 7.47. The number of ether oxygens (including phenoxy) is 3. The largest absolute Gasteiger partial charge is 0.514 e. The molecule has 0 bridgehead atoms. The van der Waals surface area contributed by atoms with Gasteiger partial charge in [0.15, 0.2) is 5.75 Å². The van der Waals surface area contributed by atoms with E-state index < -0.39 is 34.7 Å². The van der Waals surface area contributed by atoms with Crippen LogP contribution in [0.15, 0.2) is 24.8 Å². The van der Waals surface area contributed by atoms with Gasteiger partial charge in [-0.05, 0) is 59.6 Å². The molecule has 0 spiro atoms. The minimum atomic E-state index is -1.03. The highest BCUT2D eigenvalue weighted by Gasteiger charge is 2.29. The molecule has 0 saturated heterocycles. The lowest BCUT2D eigenvalue weighted by Crippen LogP contribution is -2.28. The maximum atomic E-state index is 14.3. The van der Waals surface area contributed by atoms with Crippen LogP contribution in [0.25, 0.3) is 0 Å². The zero-order chi connectivity index (χ0) is 19.4. The number of benzene rings is 1. The lowest BCUT2D eigenvalue weighted by molar-refractivity contribution is 0.00553. The van der Waals surface area contributed by atoms with E-state index in [0.717, 1.165) is 6.07 Å². The Morgan fingerprint density at radius 3 is 2.12 bits per heavy atom. The maximum absolute atomic E-state index is 14.3. The van der Waals surface area contributed by atoms with Crippen LogP contribution in [-0.4, -0.2) is 23.3 Å². The fourth-order valence-corrected chi connectivity index (χ4v) is 1.91. The lowest BCUT2D eigenvalue weighted by atomic mass is 10.0. The van der Waals surface area contributed by atoms with Crippen molar-refractivity contribution in [3.63, 3.8) is 0 Å². The summed E-state index contributed by atoms with van der Waals surface area (Å²) < 4.78 is 29.8. The highest BCUT2D eigenvalue weighted by atomic mass is 19.1. The number of carbonyl (C=O) groups excluding carboxylic acids is 2. The summed E-state index contributed by atoms with van der Waals surface area (Å²) >= 11 is 0. The highest BCUT2D eigenvalue weighted by Crippen LogP contribution is 2.30. The van der Waals surface area contributed by atoms with Crippen molar-refractivity contribution in [1.82, 2.24) is 0 Å². The Hall–Kier alpha value is -2.37. The van der Waals surface area contributed by atoms with Crippen LogP contribution in [-0.2, 0) is 15.9 Å². The molecule has 0 aliphatic rings. The molecule has 5 nitrogen and oxygen atoms in total. The van der Waals surface area contributed by atoms with E-state index in [-0.39, 0.29) is 12.2 Å². The molecule has 1 aromatic carbocycles. The molecule has 1 rings (SSSR count). The van der Waals surface area contributed by atoms with Gasteiger partial charge in [-0.25, -0.2) is 14.0 Å². The van der Waals surface area contributed by atoms with Crippen LogP contribution in [0.2, 0.25) is 0 Å². The molecule has 0 aliphatic carbocycles. The van der Waals surface area contributed by atoms with Crippen molar-refractivity contribution in [2.45, 2.75) is 59.2 Å². The van der Waals surface area contributed by atoms with Gasteiger partial charge in [0, 0.05) is 0 Å². The molecule has 0 fully saturated rings. The highest BCUT2D eigenvalue weighted by molar-refractivity contribution is 5.94. The average molecular weight is 352 g/mol. The average Bonchev–Trinajstić information content (AvgIpc) is 2.37. The third-order valence-corrected chi connectivity index (χ3v) is 2.73. The fraction of sp³-hybridized carbons (Fsp3) is 0.474. The van der Waals surface area contributed by atoms with Gasteiger partial charge in [0.25, 0.3) is 0 Å². The molecule has 0 aromatic heterocycles. The Balaban J connectivity index is 3.34. The second kappa shape index (κ2) is 7.68. The van der Waals surface area contributed by atoms with E-state index >= 15 is 0 Å². The molecule has 1 aromatic rings. The van der Waals surface area contributed by atoms with E-state index in [1.54, 1.807) is 47.6 Å². The Morgan fingerprint density at radius 1 is 1.08 bits per heavy atom. The number of esters is 1. The van der Waals surface area contributed by atoms with Gasteiger partial charge in [-0.2, -0.15) is 0 Å². The number of halogens is 1. The summed E-state index contributed by atoms with van der Waals surface area (Å²) in [6.45, 7) is 13.6. The lowest BCUT2D eigenvalue weighted by Gasteiger charge is -2.22. The van der Waals surface area contributed by atoms with Crippen LogP contribution in [0, 0.1) is 5.82 Å². The number of hydrogen-bond acceptors (Lipinski definition) is 5. The van der Waals surface area contributed by atoms with Crippen molar-refractivity contribution >= 4 is 12.1 Å². The summed E-state index contributed by atoms with van der Waals surface area (Å²) in [4.78, 5) is 24.4. The summed E-state index contributed by atoms with van der Waals surface area (Å²) in [5.74, 6) is -1.99. The zero-order valence-corrected chi connectivity index (χ0v) is 15.6. The van der Waals surface area contributed by atoms with Gasteiger partial charge >= 0.3 is 12.1 Å². The number of carbonyl (C=O) groups is 2. The van der Waals surface area contributed by atoms with E-state index in [1.807, 2.05) is 0 Å². The second-order valence-electron chi connectivity index (χ2n) is 7.47. The van der Waals surface area contributed by atoms with Gasteiger partial charge in [0.2, 0.25) is 0 Å². The van der Waals surface area contributed by atoms with E-state index in [1.165, 1.54) is 6.07 Å². The molecule has 0 unspecified atom stereocenters. The van der Waals surface area contributed by atoms with E-state index in [9.17, 15) is 14.0 Å². The predicted molar refractivity (Wildman–Crippen MR) is 92.3 cm³/mol. The van der Waals surface area contributed by atoms with Crippen LogP contribution in [0.4, 0.5) is 9.18 Å². The van der Waals surface area contributed by atoms with Crippen molar-refractivity contribution in [3.8, 4) is 5.75 Å². The summed E-state index contributed by atoms with van der Waals surface area (Å²) in [5.41, 5.74) is -1.65. The molecule has 0 atom stereocenters. The van der Waals surface area contributed by atoms with Crippen molar-refractivity contribution in [3.05, 3.63) is 41.7 Å². The molecule has 0 N–H and O–H groups in total. The molecule has 0 aliphatic heterocycles. The molecule has 6 heteroatoms. The van der Waals surface area contributed by atoms with Gasteiger partial charge in [-0.3, -0.25) is 0 Å². The van der Waals surface area contributed by atoms with E-state index in [4.69, 9.17) is 14.2 Å². The van der Waals surface area contributed by atoms with Gasteiger partial charge in [-0.15, -0.1) is 6.58 Å². The maximum Gasteiger partial charge on any atom is 0.514 e. The van der Waals surface area contributed by atoms with Crippen LogP contribution in [0.5, 0.6) is 5.75 Å². The van der Waals surface area contributed by atoms with Crippen molar-refractivity contribution < 1.29 is 28.2 Å². The van der Waals surface area contributed by atoms with Crippen LogP contribution < -0.4 is 4.74 Å². The molecule has 25 heavy (non-hydrogen) atoms. The van der Waals surface area contributed by atoms with E-state index in [2.05, 4.69) is 6.58 Å². The summed E-state index contributed by atoms with van der Waals surface area (Å²) in [6.07, 6.45) is 0.788. The first-order valence-electron chi connectivity index (χ1n) is 7.90. The monoisotopic (exact) mass is 352 g/mol. The minimum absolute atomic E-state index is 0.219. The summed E-state index contributed by atoms with van der Waals surface area (Å²) in [6, 6.07) is 2.55. The topological polar surface area (TPSA) is 61.8 Å². The van der Waals surface area contributed by atoms with Gasteiger partial charge in [-0.1, -0.05) is 12.1 Å². The summed E-state index contributed by atoms with van der Waals surface area (Å²) in [5, 5.41) is 0. The number of allylic oxidation sites excluding steroid dienone is 1. The first kappa shape index (κ1) is 20.7. The molecular formula is C19H25FO5. The van der Waals surface area contributed by atoms with Crippen LogP contribution in [0.1, 0.15) is 57.5 Å². The number of rotatable bonds is 4. The van der Waals surface area contributed by atoms with E-state index in [0.29, 0.717) is 5.56 Å². The van der Waals surface area contributed by atoms with Gasteiger partial charge < -0.3 is 14.2 Å². The fourth-order valence-electron chi connectivity index (χ4n) is 1.91. The van der Waals surface area contributed by atoms with Crippen molar-refractivity contribution in [2.24, 2.45) is 0 Å². The van der Waals surface area contributed by atoms with Gasteiger partial charge in [0.05, 0.1) is 0 Å². The third-order valence-electron chi connectivity index (χ3n) is 2.73. The Labute approximate surface area is 147 Å². The zero-order valence-electron chi connectivity index (χ0n) is 15.6. The number of hydrogen-bond donors (Lipinski definition) is 0. The van der Waals surface area contributed by atoms with Crippen LogP contribution >= 0.6 is 0 Å². The third kappa shape index (κ3) is 6.57. The molecular weight excluding hydrogens is 327 g/mol. The van der Waals surface area contributed by atoms with Crippen LogP contribution in [0.3, 0.4) is 0 Å². The molecule has 0 radical (unpaired) electrons. The standard InChI is InChI=1S/C19H25FO5/c1-8-9-12-10-11-13(20)14(16(21)24-18(2,3)4)15(12)23-17(22)25-19(5,6)7/h8,10-11H,1,9H2,2-7H3. The smallest absolute Gasteiger partial charge is 0.456 e. The van der Waals surface area contributed by atoms with Crippen molar-refractivity contribution in [1.29, 1.82) is 0 Å². The SMILES string of the molecule is C=CCc1ccc(F)c(C(=O)OC(C)(C)C)c1OC(=O)OC(C)(C)C.